The molecule has 0 radical (unpaired) electrons. The van der Waals surface area contributed by atoms with Gasteiger partial charge in [-0.05, 0) is 30.7 Å². The Hall–Kier alpha value is -3.14. The zero-order valence-electron chi connectivity index (χ0n) is 14.4. The molecule has 2 aromatic carbocycles. The predicted octanol–water partition coefficient (Wildman–Crippen LogP) is 3.21. The number of nitrogens with zero attached hydrogens (tertiary/aromatic N) is 2. The molecular weight excluding hydrogens is 392 g/mol. The summed E-state index contributed by atoms with van der Waals surface area (Å²) < 4.78 is 56.1. The van der Waals surface area contributed by atoms with Gasteiger partial charge in [-0.25, -0.2) is 17.2 Å². The Bertz CT molecular complexity index is 1090. The molecule has 0 atom stereocenters. The van der Waals surface area contributed by atoms with Crippen LogP contribution in [0.15, 0.2) is 57.8 Å². The average molecular weight is 407 g/mol. The summed E-state index contributed by atoms with van der Waals surface area (Å²) in [6, 6.07) is 10.5. The van der Waals surface area contributed by atoms with Crippen molar-refractivity contribution in [1.82, 2.24) is 10.2 Å². The van der Waals surface area contributed by atoms with Crippen LogP contribution in [0.1, 0.15) is 12.8 Å². The van der Waals surface area contributed by atoms with Crippen molar-refractivity contribution in [3.05, 3.63) is 60.2 Å². The lowest BCUT2D eigenvalue weighted by Crippen LogP contribution is -2.14. The molecule has 10 heteroatoms. The van der Waals surface area contributed by atoms with E-state index in [1.165, 1.54) is 12.1 Å². The largest absolute Gasteiger partial charge is 0.403 e. The summed E-state index contributed by atoms with van der Waals surface area (Å²) in [6.45, 7) is 0. The second kappa shape index (κ2) is 8.26. The molecule has 0 unspecified atom stereocenters. The second-order valence-corrected chi connectivity index (χ2v) is 7.93. The van der Waals surface area contributed by atoms with Crippen molar-refractivity contribution in [2.24, 2.45) is 0 Å². The molecule has 1 amide bonds. The van der Waals surface area contributed by atoms with E-state index in [1.54, 1.807) is 18.2 Å². The Morgan fingerprint density at radius 3 is 2.54 bits per heavy atom. The van der Waals surface area contributed by atoms with Crippen LogP contribution in [-0.2, 0) is 14.6 Å². The number of carbonyl (C=O) groups excluding carboxylic acids is 1. The van der Waals surface area contributed by atoms with Gasteiger partial charge in [-0.2, -0.15) is 0 Å². The quantitative estimate of drug-likeness (QED) is 0.645. The van der Waals surface area contributed by atoms with Gasteiger partial charge in [0.05, 0.1) is 16.2 Å². The van der Waals surface area contributed by atoms with E-state index in [2.05, 4.69) is 15.5 Å². The van der Waals surface area contributed by atoms with Gasteiger partial charge in [-0.3, -0.25) is 10.1 Å². The summed E-state index contributed by atoms with van der Waals surface area (Å²) in [6.07, 6.45) is 0.00529. The van der Waals surface area contributed by atoms with Gasteiger partial charge in [0.25, 0.3) is 5.89 Å². The highest BCUT2D eigenvalue weighted by Gasteiger charge is 2.17. The van der Waals surface area contributed by atoms with E-state index in [9.17, 15) is 22.0 Å². The van der Waals surface area contributed by atoms with Gasteiger partial charge in [0, 0.05) is 12.5 Å². The zero-order chi connectivity index (χ0) is 20.1. The molecule has 0 aliphatic heterocycles. The van der Waals surface area contributed by atoms with Crippen molar-refractivity contribution in [3.63, 3.8) is 0 Å². The van der Waals surface area contributed by atoms with Gasteiger partial charge in [-0.1, -0.05) is 23.3 Å². The molecule has 0 bridgehead atoms. The van der Waals surface area contributed by atoms with Crippen LogP contribution in [0.3, 0.4) is 0 Å². The molecule has 146 valence electrons. The molecule has 3 rings (SSSR count). The number of benzene rings is 2. The first-order valence-electron chi connectivity index (χ1n) is 8.22. The van der Waals surface area contributed by atoms with Crippen molar-refractivity contribution in [2.75, 3.05) is 11.1 Å². The summed E-state index contributed by atoms with van der Waals surface area (Å²) in [7, 11) is -3.47. The van der Waals surface area contributed by atoms with Crippen LogP contribution in [0.4, 0.5) is 14.8 Å². The summed E-state index contributed by atoms with van der Waals surface area (Å²) in [4.78, 5) is 12.1. The molecule has 0 saturated heterocycles. The number of aromatic nitrogens is 2. The minimum atomic E-state index is -3.47. The van der Waals surface area contributed by atoms with Crippen molar-refractivity contribution < 1.29 is 26.4 Å². The first kappa shape index (κ1) is 19.6. The molecule has 0 aliphatic carbocycles. The van der Waals surface area contributed by atoms with Crippen LogP contribution in [0.5, 0.6) is 0 Å². The van der Waals surface area contributed by atoms with Crippen LogP contribution in [0.25, 0.3) is 11.5 Å². The third-order valence-electron chi connectivity index (χ3n) is 3.75. The van der Waals surface area contributed by atoms with E-state index in [4.69, 9.17) is 4.42 Å². The molecule has 7 nitrogen and oxygen atoms in total. The molecule has 1 aromatic heterocycles. The maximum absolute atomic E-state index is 13.7. The van der Waals surface area contributed by atoms with E-state index in [1.807, 2.05) is 0 Å². The van der Waals surface area contributed by atoms with Gasteiger partial charge in [-0.15, -0.1) is 5.10 Å². The number of hydrogen-bond acceptors (Lipinski definition) is 6. The summed E-state index contributed by atoms with van der Waals surface area (Å²) in [5.41, 5.74) is -0.108. The van der Waals surface area contributed by atoms with E-state index in [-0.39, 0.29) is 41.0 Å². The minimum absolute atomic E-state index is 0.0886. The molecular formula is C18H15F2N3O4S. The Morgan fingerprint density at radius 2 is 1.82 bits per heavy atom. The maximum atomic E-state index is 13.7. The van der Waals surface area contributed by atoms with Gasteiger partial charge in [0.2, 0.25) is 5.91 Å². The lowest BCUT2D eigenvalue weighted by molar-refractivity contribution is -0.116. The number of halogens is 2. The minimum Gasteiger partial charge on any atom is -0.403 e. The predicted molar refractivity (Wildman–Crippen MR) is 96.0 cm³/mol. The number of sulfone groups is 1. The highest BCUT2D eigenvalue weighted by atomic mass is 32.2. The first-order valence-corrected chi connectivity index (χ1v) is 9.87. The van der Waals surface area contributed by atoms with E-state index >= 15 is 0 Å². The molecule has 0 spiro atoms. The summed E-state index contributed by atoms with van der Waals surface area (Å²) >= 11 is 0. The van der Waals surface area contributed by atoms with Gasteiger partial charge < -0.3 is 4.42 Å². The lowest BCUT2D eigenvalue weighted by Gasteiger charge is -2.04. The highest BCUT2D eigenvalue weighted by Crippen LogP contribution is 2.23. The molecule has 0 aliphatic rings. The molecule has 1 N–H and O–H groups in total. The molecule has 0 saturated carbocycles. The standard InChI is InChI=1S/C18H15F2N3O4S/c19-12-8-9-14(15(20)11-12)17-22-23-18(27-17)21-16(24)7-4-10-28(25,26)13-5-2-1-3-6-13/h1-3,5-6,8-9,11H,4,7,10H2,(H,21,23,24). The van der Waals surface area contributed by atoms with Crippen molar-refractivity contribution in [2.45, 2.75) is 17.7 Å². The lowest BCUT2D eigenvalue weighted by atomic mass is 10.2. The third-order valence-corrected chi connectivity index (χ3v) is 5.57. The van der Waals surface area contributed by atoms with Crippen LogP contribution >= 0.6 is 0 Å². The Kier molecular flexibility index (Phi) is 5.78. The molecule has 3 aromatic rings. The summed E-state index contributed by atoms with van der Waals surface area (Å²) in [5, 5.41) is 9.49. The fourth-order valence-electron chi connectivity index (χ4n) is 2.40. The average Bonchev–Trinajstić information content (AvgIpc) is 3.10. The van der Waals surface area contributed by atoms with Crippen LogP contribution < -0.4 is 5.32 Å². The SMILES string of the molecule is O=C(CCCS(=O)(=O)c1ccccc1)Nc1nnc(-c2ccc(F)cc2F)o1. The Morgan fingerprint density at radius 1 is 1.07 bits per heavy atom. The van der Waals surface area contributed by atoms with E-state index in [0.717, 1.165) is 12.1 Å². The number of anilines is 1. The van der Waals surface area contributed by atoms with Gasteiger partial charge in [0.1, 0.15) is 11.6 Å². The van der Waals surface area contributed by atoms with Crippen LogP contribution in [0, 0.1) is 11.6 Å². The Balaban J connectivity index is 1.55. The second-order valence-electron chi connectivity index (χ2n) is 5.82. The topological polar surface area (TPSA) is 102 Å². The smallest absolute Gasteiger partial charge is 0.322 e. The maximum Gasteiger partial charge on any atom is 0.322 e. The number of carbonyl (C=O) groups is 1. The number of rotatable bonds is 7. The monoisotopic (exact) mass is 407 g/mol. The van der Waals surface area contributed by atoms with Gasteiger partial charge in [0.15, 0.2) is 9.84 Å². The Labute approximate surface area is 159 Å². The highest BCUT2D eigenvalue weighted by molar-refractivity contribution is 7.91. The molecule has 1 heterocycles. The van der Waals surface area contributed by atoms with Crippen molar-refractivity contribution in [3.8, 4) is 11.5 Å². The van der Waals surface area contributed by atoms with Gasteiger partial charge >= 0.3 is 6.01 Å². The number of amides is 1. The molecule has 0 fully saturated rings. The fraction of sp³-hybridized carbons (Fsp3) is 0.167. The zero-order valence-corrected chi connectivity index (χ0v) is 15.2. The van der Waals surface area contributed by atoms with Crippen molar-refractivity contribution >= 4 is 21.8 Å². The first-order chi connectivity index (χ1) is 13.3. The molecule has 28 heavy (non-hydrogen) atoms. The fourth-order valence-corrected chi connectivity index (χ4v) is 3.73. The third kappa shape index (κ3) is 4.77. The number of nitrogens with one attached hydrogen (secondary N) is 1. The normalized spacial score (nSPS) is 11.4. The number of hydrogen-bond donors (Lipinski definition) is 1. The van der Waals surface area contributed by atoms with E-state index in [0.29, 0.717) is 6.07 Å². The van der Waals surface area contributed by atoms with Crippen LogP contribution in [0.2, 0.25) is 0 Å². The summed E-state index contributed by atoms with van der Waals surface area (Å²) in [5.74, 6) is -2.58. The van der Waals surface area contributed by atoms with Crippen molar-refractivity contribution in [1.29, 1.82) is 0 Å². The van der Waals surface area contributed by atoms with E-state index < -0.39 is 27.4 Å². The van der Waals surface area contributed by atoms with Crippen LogP contribution in [-0.4, -0.2) is 30.3 Å².